The number of aromatic hydroxyl groups is 1. The molecule has 0 amide bonds. The van der Waals surface area contributed by atoms with E-state index in [9.17, 15) is 9.90 Å². The number of hydrogen-bond acceptors (Lipinski definition) is 4. The van der Waals surface area contributed by atoms with Crippen LogP contribution in [0, 0.1) is 0 Å². The molecule has 0 saturated heterocycles. The number of ether oxygens (including phenoxy) is 1. The Morgan fingerprint density at radius 2 is 1.65 bits per heavy atom. The third-order valence-electron chi connectivity index (χ3n) is 3.20. The van der Waals surface area contributed by atoms with Gasteiger partial charge in [-0.3, -0.25) is 0 Å². The second-order valence-corrected chi connectivity index (χ2v) is 6.42. The van der Waals surface area contributed by atoms with Gasteiger partial charge in [-0.15, -0.1) is 0 Å². The Bertz CT molecular complexity index is 640. The van der Waals surface area contributed by atoms with E-state index in [0.29, 0.717) is 5.56 Å². The van der Waals surface area contributed by atoms with Crippen LogP contribution in [-0.2, 0) is 11.2 Å². The molecule has 2 aromatic rings. The maximum absolute atomic E-state index is 11.9. The molecule has 0 bridgehead atoms. The third kappa shape index (κ3) is 5.66. The van der Waals surface area contributed by atoms with Crippen molar-refractivity contribution in [2.45, 2.75) is 32.8 Å². The zero-order chi connectivity index (χ0) is 16.9. The van der Waals surface area contributed by atoms with Crippen LogP contribution in [0.25, 0.3) is 0 Å². The molecule has 0 atom stereocenters. The number of carbonyl (C=O) groups excluding carboxylic acids is 1. The highest BCUT2D eigenvalue weighted by Crippen LogP contribution is 2.15. The summed E-state index contributed by atoms with van der Waals surface area (Å²) in [5.41, 5.74) is 2.17. The Morgan fingerprint density at radius 3 is 2.22 bits per heavy atom. The molecule has 2 aromatic carbocycles. The predicted molar refractivity (Wildman–Crippen MR) is 91.9 cm³/mol. The molecule has 0 aliphatic carbocycles. The van der Waals surface area contributed by atoms with Crippen molar-refractivity contribution in [1.82, 2.24) is 0 Å². The van der Waals surface area contributed by atoms with Gasteiger partial charge in [0.05, 0.1) is 5.56 Å². The van der Waals surface area contributed by atoms with Crippen LogP contribution in [0.5, 0.6) is 5.75 Å². The quantitative estimate of drug-likeness (QED) is 0.819. The van der Waals surface area contributed by atoms with Crippen molar-refractivity contribution in [3.63, 3.8) is 0 Å². The summed E-state index contributed by atoms with van der Waals surface area (Å²) in [6.45, 7) is 6.33. The molecule has 4 nitrogen and oxygen atoms in total. The molecule has 0 fully saturated rings. The van der Waals surface area contributed by atoms with Crippen LogP contribution >= 0.6 is 0 Å². The number of phenolic OH excluding ortho intramolecular Hbond substituents is 1. The van der Waals surface area contributed by atoms with Gasteiger partial charge in [-0.2, -0.15) is 0 Å². The van der Waals surface area contributed by atoms with Crippen LogP contribution < -0.4 is 5.32 Å². The fourth-order valence-corrected chi connectivity index (χ4v) is 2.07. The lowest BCUT2D eigenvalue weighted by Crippen LogP contribution is -2.23. The summed E-state index contributed by atoms with van der Waals surface area (Å²) in [7, 11) is 0. The van der Waals surface area contributed by atoms with Gasteiger partial charge in [0.15, 0.2) is 0 Å². The summed E-state index contributed by atoms with van der Waals surface area (Å²) in [6, 6.07) is 14.4. The molecule has 2 N–H and O–H groups in total. The van der Waals surface area contributed by atoms with Crippen LogP contribution in [0.1, 0.15) is 36.7 Å². The standard InChI is InChI=1S/C19H23NO3/c1-19(2,3)23-18(22)15-6-8-16(9-7-15)20-13-12-14-4-10-17(21)11-5-14/h4-11,20-21H,12-13H2,1-3H3. The average Bonchev–Trinajstić information content (AvgIpc) is 2.48. The Kier molecular flexibility index (Phi) is 5.27. The number of esters is 1. The molecule has 0 heterocycles. The number of hydrogen-bond donors (Lipinski definition) is 2. The molecule has 0 radical (unpaired) electrons. The van der Waals surface area contributed by atoms with Gasteiger partial charge in [0.25, 0.3) is 0 Å². The summed E-state index contributed by atoms with van der Waals surface area (Å²) in [5, 5.41) is 12.6. The number of benzene rings is 2. The zero-order valence-electron chi connectivity index (χ0n) is 13.8. The van der Waals surface area contributed by atoms with Crippen LogP contribution in [-0.4, -0.2) is 23.2 Å². The second kappa shape index (κ2) is 7.18. The van der Waals surface area contributed by atoms with Gasteiger partial charge in [0.1, 0.15) is 11.4 Å². The SMILES string of the molecule is CC(C)(C)OC(=O)c1ccc(NCCc2ccc(O)cc2)cc1. The first-order valence-electron chi connectivity index (χ1n) is 7.69. The normalized spacial score (nSPS) is 11.1. The summed E-state index contributed by atoms with van der Waals surface area (Å²) in [6.07, 6.45) is 0.855. The highest BCUT2D eigenvalue weighted by atomic mass is 16.6. The maximum Gasteiger partial charge on any atom is 0.338 e. The van der Waals surface area contributed by atoms with E-state index in [1.54, 1.807) is 24.3 Å². The van der Waals surface area contributed by atoms with Crippen LogP contribution in [0.2, 0.25) is 0 Å². The lowest BCUT2D eigenvalue weighted by atomic mass is 10.1. The minimum Gasteiger partial charge on any atom is -0.508 e. The summed E-state index contributed by atoms with van der Waals surface area (Å²) in [4.78, 5) is 11.9. The van der Waals surface area contributed by atoms with Gasteiger partial charge in [-0.05, 0) is 69.2 Å². The summed E-state index contributed by atoms with van der Waals surface area (Å²) < 4.78 is 5.33. The number of carbonyl (C=O) groups is 1. The monoisotopic (exact) mass is 313 g/mol. The van der Waals surface area contributed by atoms with Crippen molar-refractivity contribution in [1.29, 1.82) is 0 Å². The van der Waals surface area contributed by atoms with Gasteiger partial charge >= 0.3 is 5.97 Å². The molecule has 4 heteroatoms. The minimum atomic E-state index is -0.488. The lowest BCUT2D eigenvalue weighted by molar-refractivity contribution is 0.00696. The first kappa shape index (κ1) is 16.9. The smallest absolute Gasteiger partial charge is 0.338 e. The molecule has 0 aliphatic heterocycles. The van der Waals surface area contributed by atoms with E-state index in [0.717, 1.165) is 24.2 Å². The molecule has 23 heavy (non-hydrogen) atoms. The number of phenols is 1. The Hall–Kier alpha value is -2.49. The Morgan fingerprint density at radius 1 is 1.04 bits per heavy atom. The summed E-state index contributed by atoms with van der Waals surface area (Å²) in [5.74, 6) is -0.0346. The van der Waals surface area contributed by atoms with Gasteiger partial charge in [-0.25, -0.2) is 4.79 Å². The molecule has 122 valence electrons. The molecular formula is C19H23NO3. The van der Waals surface area contributed by atoms with E-state index in [1.165, 1.54) is 0 Å². The van der Waals surface area contributed by atoms with E-state index in [1.807, 2.05) is 45.0 Å². The van der Waals surface area contributed by atoms with Crippen LogP contribution in [0.3, 0.4) is 0 Å². The van der Waals surface area contributed by atoms with E-state index < -0.39 is 5.60 Å². The topological polar surface area (TPSA) is 58.6 Å². The third-order valence-corrected chi connectivity index (χ3v) is 3.20. The van der Waals surface area contributed by atoms with Crippen LogP contribution in [0.4, 0.5) is 5.69 Å². The number of rotatable bonds is 5. The number of nitrogens with one attached hydrogen (secondary N) is 1. The molecule has 2 rings (SSSR count). The van der Waals surface area contributed by atoms with Gasteiger partial charge in [0.2, 0.25) is 0 Å². The van der Waals surface area contributed by atoms with E-state index >= 15 is 0 Å². The maximum atomic E-state index is 11.9. The largest absolute Gasteiger partial charge is 0.508 e. The molecule has 0 aliphatic rings. The molecule has 0 aromatic heterocycles. The van der Waals surface area contributed by atoms with Crippen molar-refractivity contribution in [3.8, 4) is 5.75 Å². The first-order chi connectivity index (χ1) is 10.8. The molecule has 0 spiro atoms. The predicted octanol–water partition coefficient (Wildman–Crippen LogP) is 4.00. The van der Waals surface area contributed by atoms with Crippen molar-refractivity contribution < 1.29 is 14.6 Å². The number of anilines is 1. The van der Waals surface area contributed by atoms with Crippen molar-refractivity contribution in [2.24, 2.45) is 0 Å². The summed E-state index contributed by atoms with van der Waals surface area (Å²) >= 11 is 0. The molecule has 0 saturated carbocycles. The zero-order valence-corrected chi connectivity index (χ0v) is 13.8. The first-order valence-corrected chi connectivity index (χ1v) is 7.69. The van der Waals surface area contributed by atoms with E-state index in [2.05, 4.69) is 5.32 Å². The average molecular weight is 313 g/mol. The van der Waals surface area contributed by atoms with E-state index in [-0.39, 0.29) is 11.7 Å². The minimum absolute atomic E-state index is 0.277. The van der Waals surface area contributed by atoms with E-state index in [4.69, 9.17) is 4.74 Å². The fourth-order valence-electron chi connectivity index (χ4n) is 2.07. The molecule has 0 unspecified atom stereocenters. The van der Waals surface area contributed by atoms with Gasteiger partial charge in [-0.1, -0.05) is 12.1 Å². The van der Waals surface area contributed by atoms with Crippen molar-refractivity contribution >= 4 is 11.7 Å². The highest BCUT2D eigenvalue weighted by molar-refractivity contribution is 5.90. The fraction of sp³-hybridized carbons (Fsp3) is 0.316. The Labute approximate surface area is 137 Å². The van der Waals surface area contributed by atoms with Crippen molar-refractivity contribution in [2.75, 3.05) is 11.9 Å². The Balaban J connectivity index is 1.85. The van der Waals surface area contributed by atoms with Crippen LogP contribution in [0.15, 0.2) is 48.5 Å². The van der Waals surface area contributed by atoms with Crippen molar-refractivity contribution in [3.05, 3.63) is 59.7 Å². The highest BCUT2D eigenvalue weighted by Gasteiger charge is 2.17. The van der Waals surface area contributed by atoms with Gasteiger partial charge < -0.3 is 15.2 Å². The molecular weight excluding hydrogens is 290 g/mol. The lowest BCUT2D eigenvalue weighted by Gasteiger charge is -2.19. The second-order valence-electron chi connectivity index (χ2n) is 6.42. The van der Waals surface area contributed by atoms with Gasteiger partial charge in [0, 0.05) is 12.2 Å².